The van der Waals surface area contributed by atoms with Crippen LogP contribution in [-0.4, -0.2) is 53.0 Å². The van der Waals surface area contributed by atoms with Gasteiger partial charge in [0.1, 0.15) is 0 Å². The Hall–Kier alpha value is -0.220. The molecule has 1 rings (SSSR count). The van der Waals surface area contributed by atoms with Gasteiger partial charge in [-0.1, -0.05) is 11.8 Å². The zero-order valence-electron chi connectivity index (χ0n) is 9.54. The highest BCUT2D eigenvalue weighted by atomic mass is 32.2. The smallest absolute Gasteiger partial charge is 0.281 e. The summed E-state index contributed by atoms with van der Waals surface area (Å²) in [6.45, 7) is 10.4. The first-order valence-electron chi connectivity index (χ1n) is 5.03. The lowest BCUT2D eigenvalue weighted by Crippen LogP contribution is -2.54. The van der Waals surface area contributed by atoms with Crippen LogP contribution >= 0.6 is 11.8 Å². The number of piperazine rings is 1. The van der Waals surface area contributed by atoms with E-state index < -0.39 is 0 Å². The van der Waals surface area contributed by atoms with Gasteiger partial charge in [-0.3, -0.25) is 9.69 Å². The molecular formula is C10H20N2OS. The molecule has 4 heteroatoms. The maximum Gasteiger partial charge on any atom is 0.281 e. The Morgan fingerprint density at radius 3 is 2.00 bits per heavy atom. The van der Waals surface area contributed by atoms with Crippen LogP contribution < -0.4 is 0 Å². The second-order valence-corrected chi connectivity index (χ2v) is 5.37. The van der Waals surface area contributed by atoms with Crippen LogP contribution in [-0.2, 0) is 0 Å². The van der Waals surface area contributed by atoms with Crippen molar-refractivity contribution in [1.82, 2.24) is 9.80 Å². The van der Waals surface area contributed by atoms with Crippen LogP contribution in [0, 0.1) is 0 Å². The van der Waals surface area contributed by atoms with Crippen LogP contribution in [0.2, 0.25) is 0 Å². The maximum atomic E-state index is 11.4. The molecule has 1 heterocycles. The van der Waals surface area contributed by atoms with Crippen LogP contribution in [0.3, 0.4) is 0 Å². The molecule has 0 aromatic rings. The molecule has 0 radical (unpaired) electrons. The van der Waals surface area contributed by atoms with E-state index in [2.05, 4.69) is 25.7 Å². The minimum Gasteiger partial charge on any atom is -0.331 e. The number of amides is 1. The van der Waals surface area contributed by atoms with Gasteiger partial charge in [-0.05, 0) is 27.0 Å². The van der Waals surface area contributed by atoms with Crippen molar-refractivity contribution in [1.29, 1.82) is 0 Å². The normalized spacial score (nSPS) is 19.9. The first kappa shape index (κ1) is 11.9. The van der Waals surface area contributed by atoms with E-state index in [4.69, 9.17) is 0 Å². The Morgan fingerprint density at radius 1 is 1.14 bits per heavy atom. The fourth-order valence-corrected chi connectivity index (χ4v) is 2.13. The van der Waals surface area contributed by atoms with Crippen LogP contribution in [0.1, 0.15) is 20.8 Å². The summed E-state index contributed by atoms with van der Waals surface area (Å²) in [4.78, 5) is 15.8. The molecule has 0 spiro atoms. The average molecular weight is 216 g/mol. The monoisotopic (exact) mass is 216 g/mol. The first-order chi connectivity index (χ1) is 6.45. The average Bonchev–Trinajstić information content (AvgIpc) is 2.15. The zero-order chi connectivity index (χ0) is 10.8. The van der Waals surface area contributed by atoms with Crippen molar-refractivity contribution in [3.05, 3.63) is 0 Å². The molecule has 14 heavy (non-hydrogen) atoms. The molecule has 0 aliphatic carbocycles. The van der Waals surface area contributed by atoms with Gasteiger partial charge in [0.05, 0.1) is 0 Å². The molecule has 0 unspecified atom stereocenters. The summed E-state index contributed by atoms with van der Waals surface area (Å²) in [7, 11) is 0. The molecule has 0 aromatic carbocycles. The van der Waals surface area contributed by atoms with Crippen LogP contribution in [0.4, 0.5) is 4.79 Å². The number of thioether (sulfide) groups is 1. The van der Waals surface area contributed by atoms with E-state index in [0.29, 0.717) is 0 Å². The Labute approximate surface area is 90.8 Å². The standard InChI is InChI=1S/C10H20N2OS/c1-10(2,3)12-7-5-11(6-8-12)9(13)14-4/h5-8H2,1-4H3. The Kier molecular flexibility index (Phi) is 3.84. The number of hydrogen-bond acceptors (Lipinski definition) is 3. The molecule has 1 fully saturated rings. The van der Waals surface area contributed by atoms with Crippen molar-refractivity contribution < 1.29 is 4.79 Å². The van der Waals surface area contributed by atoms with Crippen molar-refractivity contribution in [2.45, 2.75) is 26.3 Å². The second-order valence-electron chi connectivity index (χ2n) is 4.61. The number of carbonyl (C=O) groups is 1. The molecule has 0 saturated carbocycles. The van der Waals surface area contributed by atoms with E-state index >= 15 is 0 Å². The highest BCUT2D eigenvalue weighted by molar-refractivity contribution is 8.12. The number of hydrogen-bond donors (Lipinski definition) is 0. The van der Waals surface area contributed by atoms with Crippen molar-refractivity contribution in [3.8, 4) is 0 Å². The van der Waals surface area contributed by atoms with Gasteiger partial charge in [0.15, 0.2) is 0 Å². The summed E-state index contributed by atoms with van der Waals surface area (Å²) < 4.78 is 0. The van der Waals surface area contributed by atoms with Gasteiger partial charge in [0.2, 0.25) is 0 Å². The number of nitrogens with zero attached hydrogens (tertiary/aromatic N) is 2. The summed E-state index contributed by atoms with van der Waals surface area (Å²) in [5, 5.41) is 0.207. The third kappa shape index (κ3) is 2.89. The summed E-state index contributed by atoms with van der Waals surface area (Å²) >= 11 is 1.31. The summed E-state index contributed by atoms with van der Waals surface area (Å²) in [6.07, 6.45) is 1.85. The maximum absolute atomic E-state index is 11.4. The predicted molar refractivity (Wildman–Crippen MR) is 61.8 cm³/mol. The number of rotatable bonds is 0. The van der Waals surface area contributed by atoms with Gasteiger partial charge >= 0.3 is 0 Å². The third-order valence-electron chi connectivity index (χ3n) is 2.66. The topological polar surface area (TPSA) is 23.6 Å². The Balaban J connectivity index is 2.43. The Bertz CT molecular complexity index is 205. The molecule has 1 aliphatic rings. The molecule has 3 nitrogen and oxygen atoms in total. The van der Waals surface area contributed by atoms with E-state index in [1.165, 1.54) is 11.8 Å². The molecule has 0 aromatic heterocycles. The largest absolute Gasteiger partial charge is 0.331 e. The van der Waals surface area contributed by atoms with Crippen LogP contribution in [0.25, 0.3) is 0 Å². The van der Waals surface area contributed by atoms with Gasteiger partial charge in [-0.15, -0.1) is 0 Å². The zero-order valence-corrected chi connectivity index (χ0v) is 10.4. The highest BCUT2D eigenvalue weighted by Gasteiger charge is 2.27. The van der Waals surface area contributed by atoms with Crippen molar-refractivity contribution >= 4 is 17.0 Å². The molecular weight excluding hydrogens is 196 g/mol. The van der Waals surface area contributed by atoms with Gasteiger partial charge in [-0.25, -0.2) is 0 Å². The fourth-order valence-electron chi connectivity index (χ4n) is 1.69. The summed E-state index contributed by atoms with van der Waals surface area (Å²) in [5.41, 5.74) is 0.231. The lowest BCUT2D eigenvalue weighted by molar-refractivity contribution is 0.0801. The molecule has 0 atom stereocenters. The lowest BCUT2D eigenvalue weighted by atomic mass is 10.1. The SMILES string of the molecule is CSC(=O)N1CCN(C(C)(C)C)CC1. The van der Waals surface area contributed by atoms with E-state index in [1.807, 2.05) is 11.2 Å². The van der Waals surface area contributed by atoms with Crippen LogP contribution in [0.5, 0.6) is 0 Å². The van der Waals surface area contributed by atoms with Gasteiger partial charge in [0.25, 0.3) is 5.24 Å². The molecule has 1 amide bonds. The van der Waals surface area contributed by atoms with Crippen molar-refractivity contribution in [3.63, 3.8) is 0 Å². The first-order valence-corrected chi connectivity index (χ1v) is 6.25. The van der Waals surface area contributed by atoms with Gasteiger partial charge in [0, 0.05) is 31.7 Å². The Morgan fingerprint density at radius 2 is 1.64 bits per heavy atom. The van der Waals surface area contributed by atoms with E-state index in [0.717, 1.165) is 26.2 Å². The minimum absolute atomic E-state index is 0.207. The van der Waals surface area contributed by atoms with Gasteiger partial charge in [-0.2, -0.15) is 0 Å². The van der Waals surface area contributed by atoms with Gasteiger partial charge < -0.3 is 4.90 Å². The van der Waals surface area contributed by atoms with Crippen molar-refractivity contribution in [2.75, 3.05) is 32.4 Å². The predicted octanol–water partition coefficient (Wildman–Crippen LogP) is 1.89. The quantitative estimate of drug-likeness (QED) is 0.618. The van der Waals surface area contributed by atoms with E-state index in [1.54, 1.807) is 0 Å². The molecule has 1 aliphatic heterocycles. The third-order valence-corrected chi connectivity index (χ3v) is 3.27. The van der Waals surface area contributed by atoms with Crippen molar-refractivity contribution in [2.24, 2.45) is 0 Å². The molecule has 1 saturated heterocycles. The summed E-state index contributed by atoms with van der Waals surface area (Å²) in [5.74, 6) is 0. The highest BCUT2D eigenvalue weighted by Crippen LogP contribution is 2.17. The molecule has 82 valence electrons. The summed E-state index contributed by atoms with van der Waals surface area (Å²) in [6, 6.07) is 0. The van der Waals surface area contributed by atoms with Crippen LogP contribution in [0.15, 0.2) is 0 Å². The lowest BCUT2D eigenvalue weighted by Gasteiger charge is -2.42. The minimum atomic E-state index is 0.207. The molecule has 0 bridgehead atoms. The second kappa shape index (κ2) is 4.53. The molecule has 0 N–H and O–H groups in total. The van der Waals surface area contributed by atoms with E-state index in [9.17, 15) is 4.79 Å². The fraction of sp³-hybridized carbons (Fsp3) is 0.900. The van der Waals surface area contributed by atoms with E-state index in [-0.39, 0.29) is 10.8 Å². The number of carbonyl (C=O) groups excluding carboxylic acids is 1.